The lowest BCUT2D eigenvalue weighted by molar-refractivity contribution is 0.171. The van der Waals surface area contributed by atoms with Crippen LogP contribution in [0, 0.1) is 0 Å². The van der Waals surface area contributed by atoms with Crippen molar-refractivity contribution < 1.29 is 17.9 Å². The Morgan fingerprint density at radius 3 is 2.65 bits per heavy atom. The zero-order chi connectivity index (χ0) is 12.3. The Balaban J connectivity index is 1.98. The zero-order valence-electron chi connectivity index (χ0n) is 9.60. The van der Waals surface area contributed by atoms with Crippen LogP contribution in [-0.4, -0.2) is 34.4 Å². The van der Waals surface area contributed by atoms with E-state index in [9.17, 15) is 8.42 Å². The van der Waals surface area contributed by atoms with Gasteiger partial charge in [-0.3, -0.25) is 0 Å². The van der Waals surface area contributed by atoms with Gasteiger partial charge in [-0.1, -0.05) is 6.07 Å². The number of hydrogen-bond donors (Lipinski definition) is 1. The number of ether oxygens (including phenoxy) is 2. The second-order valence-electron chi connectivity index (χ2n) is 3.89. The highest BCUT2D eigenvalue weighted by molar-refractivity contribution is 7.88. The van der Waals surface area contributed by atoms with E-state index in [4.69, 9.17) is 9.47 Å². The normalized spacial score (nSPS) is 14.6. The first-order valence-electron chi connectivity index (χ1n) is 5.38. The van der Waals surface area contributed by atoms with Crippen molar-refractivity contribution in [2.45, 2.75) is 6.42 Å². The van der Waals surface area contributed by atoms with Crippen LogP contribution < -0.4 is 14.2 Å². The molecule has 1 N–H and O–H groups in total. The molecule has 0 saturated carbocycles. The van der Waals surface area contributed by atoms with E-state index in [0.29, 0.717) is 26.2 Å². The number of fused-ring (bicyclic) bond motifs is 1. The van der Waals surface area contributed by atoms with Crippen molar-refractivity contribution in [2.24, 2.45) is 0 Å². The summed E-state index contributed by atoms with van der Waals surface area (Å²) in [5.74, 6) is 1.48. The maximum atomic E-state index is 10.9. The molecular formula is C11H15NO4S. The largest absolute Gasteiger partial charge is 0.486 e. The molecule has 2 rings (SSSR count). The molecular weight excluding hydrogens is 242 g/mol. The van der Waals surface area contributed by atoms with Gasteiger partial charge in [-0.25, -0.2) is 13.1 Å². The van der Waals surface area contributed by atoms with Gasteiger partial charge in [0.25, 0.3) is 0 Å². The predicted molar refractivity (Wildman–Crippen MR) is 64.0 cm³/mol. The van der Waals surface area contributed by atoms with Crippen LogP contribution in [0.3, 0.4) is 0 Å². The number of rotatable bonds is 4. The van der Waals surface area contributed by atoms with E-state index in [1.54, 1.807) is 0 Å². The summed E-state index contributed by atoms with van der Waals surface area (Å²) >= 11 is 0. The molecule has 0 fully saturated rings. The lowest BCUT2D eigenvalue weighted by Crippen LogP contribution is -2.24. The maximum Gasteiger partial charge on any atom is 0.208 e. The Bertz CT molecular complexity index is 498. The number of nitrogens with one attached hydrogen (secondary N) is 1. The van der Waals surface area contributed by atoms with Crippen molar-refractivity contribution in [1.29, 1.82) is 0 Å². The molecule has 0 atom stereocenters. The highest BCUT2D eigenvalue weighted by atomic mass is 32.2. The minimum absolute atomic E-state index is 0.387. The average Bonchev–Trinajstić information content (AvgIpc) is 2.27. The van der Waals surface area contributed by atoms with Gasteiger partial charge >= 0.3 is 0 Å². The first-order valence-corrected chi connectivity index (χ1v) is 7.27. The van der Waals surface area contributed by atoms with Crippen molar-refractivity contribution in [3.63, 3.8) is 0 Å². The molecule has 94 valence electrons. The Morgan fingerprint density at radius 1 is 1.24 bits per heavy atom. The van der Waals surface area contributed by atoms with Gasteiger partial charge in [0.1, 0.15) is 13.2 Å². The highest BCUT2D eigenvalue weighted by Crippen LogP contribution is 2.30. The summed E-state index contributed by atoms with van der Waals surface area (Å²) in [4.78, 5) is 0. The smallest absolute Gasteiger partial charge is 0.208 e. The summed E-state index contributed by atoms with van der Waals surface area (Å²) in [6.07, 6.45) is 1.78. The van der Waals surface area contributed by atoms with Crippen LogP contribution in [0.4, 0.5) is 0 Å². The Kier molecular flexibility index (Phi) is 3.54. The van der Waals surface area contributed by atoms with Gasteiger partial charge in [0.05, 0.1) is 6.26 Å². The third kappa shape index (κ3) is 3.61. The summed E-state index contributed by atoms with van der Waals surface area (Å²) in [5.41, 5.74) is 1.02. The van der Waals surface area contributed by atoms with E-state index >= 15 is 0 Å². The number of hydrogen-bond acceptors (Lipinski definition) is 4. The first-order chi connectivity index (χ1) is 8.04. The summed E-state index contributed by atoms with van der Waals surface area (Å²) in [7, 11) is -3.12. The quantitative estimate of drug-likeness (QED) is 0.855. The molecule has 1 heterocycles. The number of sulfonamides is 1. The maximum absolute atomic E-state index is 10.9. The van der Waals surface area contributed by atoms with Gasteiger partial charge in [-0.15, -0.1) is 0 Å². The molecule has 0 amide bonds. The van der Waals surface area contributed by atoms with Gasteiger partial charge in [-0.05, 0) is 24.1 Å². The molecule has 1 aliphatic heterocycles. The van der Waals surface area contributed by atoms with Crippen molar-refractivity contribution >= 4 is 10.0 Å². The molecule has 0 saturated heterocycles. The topological polar surface area (TPSA) is 64.6 Å². The highest BCUT2D eigenvalue weighted by Gasteiger charge is 2.11. The molecule has 0 spiro atoms. The van der Waals surface area contributed by atoms with Crippen LogP contribution in [0.15, 0.2) is 18.2 Å². The lowest BCUT2D eigenvalue weighted by atomic mass is 10.1. The van der Waals surface area contributed by atoms with Crippen molar-refractivity contribution in [2.75, 3.05) is 26.0 Å². The molecule has 1 aromatic carbocycles. The molecule has 17 heavy (non-hydrogen) atoms. The van der Waals surface area contributed by atoms with E-state index in [0.717, 1.165) is 23.3 Å². The van der Waals surface area contributed by atoms with E-state index in [-0.39, 0.29) is 0 Å². The van der Waals surface area contributed by atoms with Crippen molar-refractivity contribution in [1.82, 2.24) is 4.72 Å². The molecule has 0 aliphatic carbocycles. The van der Waals surface area contributed by atoms with E-state index in [1.807, 2.05) is 18.2 Å². The van der Waals surface area contributed by atoms with Crippen LogP contribution in [0.5, 0.6) is 11.5 Å². The van der Waals surface area contributed by atoms with Crippen LogP contribution in [-0.2, 0) is 16.4 Å². The van der Waals surface area contributed by atoms with Crippen molar-refractivity contribution in [3.05, 3.63) is 23.8 Å². The SMILES string of the molecule is CS(=O)(=O)NCCc1ccc2c(c1)OCCO2. The average molecular weight is 257 g/mol. The Morgan fingerprint density at radius 2 is 1.94 bits per heavy atom. The van der Waals surface area contributed by atoms with Gasteiger partial charge in [-0.2, -0.15) is 0 Å². The molecule has 0 bridgehead atoms. The second kappa shape index (κ2) is 4.93. The molecule has 1 aliphatic rings. The molecule has 0 aromatic heterocycles. The first kappa shape index (κ1) is 12.2. The Hall–Kier alpha value is -1.27. The molecule has 5 nitrogen and oxygen atoms in total. The minimum atomic E-state index is -3.12. The fourth-order valence-electron chi connectivity index (χ4n) is 1.62. The molecule has 0 radical (unpaired) electrons. The van der Waals surface area contributed by atoms with E-state index in [1.165, 1.54) is 0 Å². The third-order valence-corrected chi connectivity index (χ3v) is 3.11. The second-order valence-corrected chi connectivity index (χ2v) is 5.73. The molecule has 0 unspecified atom stereocenters. The number of benzene rings is 1. The predicted octanol–water partition coefficient (Wildman–Crippen LogP) is 0.549. The lowest BCUT2D eigenvalue weighted by Gasteiger charge is -2.18. The van der Waals surface area contributed by atoms with Crippen LogP contribution in [0.1, 0.15) is 5.56 Å². The van der Waals surface area contributed by atoms with Crippen molar-refractivity contribution in [3.8, 4) is 11.5 Å². The van der Waals surface area contributed by atoms with Gasteiger partial charge < -0.3 is 9.47 Å². The standard InChI is InChI=1S/C11H15NO4S/c1-17(13,14)12-5-4-9-2-3-10-11(8-9)16-7-6-15-10/h2-3,8,12H,4-7H2,1H3. The van der Waals surface area contributed by atoms with Crippen LogP contribution in [0.25, 0.3) is 0 Å². The van der Waals surface area contributed by atoms with E-state index in [2.05, 4.69) is 4.72 Å². The summed E-state index contributed by atoms with van der Waals surface area (Å²) in [5, 5.41) is 0. The zero-order valence-corrected chi connectivity index (χ0v) is 10.4. The monoisotopic (exact) mass is 257 g/mol. The summed E-state index contributed by atoms with van der Waals surface area (Å²) in [6.45, 7) is 1.51. The molecule has 1 aromatic rings. The molecule has 6 heteroatoms. The fraction of sp³-hybridized carbons (Fsp3) is 0.455. The summed E-state index contributed by atoms with van der Waals surface area (Å²) < 4.78 is 35.1. The Labute approximate surface area is 101 Å². The van der Waals surface area contributed by atoms with Gasteiger partial charge in [0.15, 0.2) is 11.5 Å². The fourth-order valence-corrected chi connectivity index (χ4v) is 2.10. The van der Waals surface area contributed by atoms with Gasteiger partial charge in [0, 0.05) is 6.54 Å². The minimum Gasteiger partial charge on any atom is -0.486 e. The van der Waals surface area contributed by atoms with E-state index < -0.39 is 10.0 Å². The van der Waals surface area contributed by atoms with Crippen LogP contribution in [0.2, 0.25) is 0 Å². The van der Waals surface area contributed by atoms with Crippen LogP contribution >= 0.6 is 0 Å². The third-order valence-electron chi connectivity index (χ3n) is 2.38. The van der Waals surface area contributed by atoms with Gasteiger partial charge in [0.2, 0.25) is 10.0 Å². The summed E-state index contributed by atoms with van der Waals surface area (Å²) in [6, 6.07) is 5.65.